The molecule has 2 N–H and O–H groups in total. The van der Waals surface area contributed by atoms with Crippen molar-refractivity contribution in [2.24, 2.45) is 0 Å². The van der Waals surface area contributed by atoms with E-state index in [0.717, 1.165) is 5.78 Å². The predicted molar refractivity (Wildman–Crippen MR) is 53.1 cm³/mol. The van der Waals surface area contributed by atoms with Crippen LogP contribution in [0.25, 0.3) is 0 Å². The Balaban J connectivity index is 2.39. The third-order valence-corrected chi connectivity index (χ3v) is 2.48. The van der Waals surface area contributed by atoms with Gasteiger partial charge >= 0.3 is 11.6 Å². The van der Waals surface area contributed by atoms with E-state index in [1.54, 1.807) is 7.11 Å². The topological polar surface area (TPSA) is 70.2 Å². The van der Waals surface area contributed by atoms with E-state index in [9.17, 15) is 0 Å². The summed E-state index contributed by atoms with van der Waals surface area (Å²) >= 11 is 0. The van der Waals surface area contributed by atoms with Crippen molar-refractivity contribution in [3.63, 3.8) is 0 Å². The molecule has 1 rings (SSSR count). The van der Waals surface area contributed by atoms with Crippen LogP contribution < -0.4 is 0 Å². The molecule has 0 unspecified atom stereocenters. The first kappa shape index (κ1) is 12.4. The molecule has 5 nitrogen and oxygen atoms in total. The van der Waals surface area contributed by atoms with Crippen LogP contribution in [0.5, 0.6) is 0 Å². The predicted octanol–water partition coefficient (Wildman–Crippen LogP) is 0.314. The number of aliphatic hydroxyl groups is 2. The fourth-order valence-electron chi connectivity index (χ4n) is 1.59. The number of hydrogen-bond donors (Lipinski definition) is 2. The second-order valence-corrected chi connectivity index (χ2v) is 3.65. The highest BCUT2D eigenvalue weighted by Gasteiger charge is 2.49. The molecule has 0 aromatic carbocycles. The smallest absolute Gasteiger partial charge is 0.392 e. The summed E-state index contributed by atoms with van der Waals surface area (Å²) in [6.07, 6.45) is 3.13. The Kier molecular flexibility index (Phi) is 5.01. The molecule has 5 heteroatoms. The lowest BCUT2D eigenvalue weighted by atomic mass is 10.0. The van der Waals surface area contributed by atoms with Crippen LogP contribution in [0.3, 0.4) is 0 Å². The highest BCUT2D eigenvalue weighted by atomic mass is 17.2. The zero-order valence-corrected chi connectivity index (χ0v) is 9.07. The minimum atomic E-state index is -0.743. The molecule has 1 heterocycles. The van der Waals surface area contributed by atoms with Gasteiger partial charge in [0.1, 0.15) is 6.42 Å². The molecule has 0 radical (unpaired) electrons. The highest BCUT2D eigenvalue weighted by Crippen LogP contribution is 2.28. The third-order valence-electron chi connectivity index (χ3n) is 2.48. The Morgan fingerprint density at radius 3 is 2.73 bits per heavy atom. The fraction of sp³-hybridized carbons (Fsp3) is 0.900. The van der Waals surface area contributed by atoms with Crippen LogP contribution in [0.4, 0.5) is 0 Å². The maximum absolute atomic E-state index is 8.75. The van der Waals surface area contributed by atoms with Crippen LogP contribution >= 0.6 is 0 Å². The SMILES string of the molecule is CO[C@@]1(CCCO)CC(CCCO)=[O+]O1. The van der Waals surface area contributed by atoms with Gasteiger partial charge < -0.3 is 14.9 Å². The lowest BCUT2D eigenvalue weighted by Gasteiger charge is -2.16. The summed E-state index contributed by atoms with van der Waals surface area (Å²) in [4.78, 5) is 5.15. The summed E-state index contributed by atoms with van der Waals surface area (Å²) in [5.41, 5.74) is 0. The van der Waals surface area contributed by atoms with Gasteiger partial charge in [-0.25, -0.2) is 0 Å². The molecule has 1 aliphatic rings. The van der Waals surface area contributed by atoms with E-state index in [4.69, 9.17) is 24.4 Å². The van der Waals surface area contributed by atoms with Crippen molar-refractivity contribution in [3.05, 3.63) is 0 Å². The van der Waals surface area contributed by atoms with Crippen molar-refractivity contribution in [3.8, 4) is 0 Å². The summed E-state index contributed by atoms with van der Waals surface area (Å²) in [7, 11) is 1.57. The number of aliphatic hydroxyl groups excluding tert-OH is 2. The van der Waals surface area contributed by atoms with Gasteiger partial charge in [-0.05, 0) is 12.8 Å². The van der Waals surface area contributed by atoms with E-state index in [2.05, 4.69) is 0 Å². The van der Waals surface area contributed by atoms with Crippen LogP contribution in [0.15, 0.2) is 0 Å². The summed E-state index contributed by atoms with van der Waals surface area (Å²) < 4.78 is 10.3. The van der Waals surface area contributed by atoms with E-state index >= 15 is 0 Å². The Morgan fingerprint density at radius 2 is 2.13 bits per heavy atom. The zero-order chi connectivity index (χ0) is 11.1. The van der Waals surface area contributed by atoms with Gasteiger partial charge in [0.2, 0.25) is 0 Å². The van der Waals surface area contributed by atoms with Crippen LogP contribution in [-0.2, 0) is 14.2 Å². The largest absolute Gasteiger partial charge is 0.396 e. The average molecular weight is 219 g/mol. The molecule has 0 saturated carbocycles. The van der Waals surface area contributed by atoms with Crippen molar-refractivity contribution < 1.29 is 24.4 Å². The highest BCUT2D eigenvalue weighted by molar-refractivity contribution is 5.80. The third kappa shape index (κ3) is 3.44. The minimum absolute atomic E-state index is 0.112. The number of rotatable bonds is 7. The van der Waals surface area contributed by atoms with Gasteiger partial charge in [0, 0.05) is 31.3 Å². The van der Waals surface area contributed by atoms with E-state index in [1.165, 1.54) is 0 Å². The summed E-state index contributed by atoms with van der Waals surface area (Å²) in [5, 5.41) is 17.4. The number of methoxy groups -OCH3 is 1. The second-order valence-electron chi connectivity index (χ2n) is 3.65. The fourth-order valence-corrected chi connectivity index (χ4v) is 1.59. The van der Waals surface area contributed by atoms with E-state index in [0.29, 0.717) is 32.1 Å². The van der Waals surface area contributed by atoms with E-state index < -0.39 is 5.79 Å². The first-order chi connectivity index (χ1) is 7.26. The number of ketones is 1. The van der Waals surface area contributed by atoms with Crippen LogP contribution in [0.2, 0.25) is 0 Å². The standard InChI is InChI=1S/C10H19O5/c1-13-10(5-3-7-12)8-9(14-15-10)4-2-6-11/h11-12H,2-8H2,1H3/q+1/t10-/m1/s1. The van der Waals surface area contributed by atoms with Crippen LogP contribution in [0.1, 0.15) is 32.1 Å². The zero-order valence-electron chi connectivity index (χ0n) is 9.07. The normalized spacial score (nSPS) is 25.1. The Hall–Kier alpha value is -0.650. The molecule has 0 aliphatic carbocycles. The van der Waals surface area contributed by atoms with Gasteiger partial charge in [0.15, 0.2) is 0 Å². The van der Waals surface area contributed by atoms with Gasteiger partial charge in [0.25, 0.3) is 0 Å². The molecule has 1 atom stereocenters. The molecule has 0 aromatic heterocycles. The van der Waals surface area contributed by atoms with E-state index in [-0.39, 0.29) is 13.2 Å². The van der Waals surface area contributed by atoms with Crippen molar-refractivity contribution in [2.45, 2.75) is 37.9 Å². The first-order valence-electron chi connectivity index (χ1n) is 5.23. The molecule has 0 aromatic rings. The summed E-state index contributed by atoms with van der Waals surface area (Å²) in [5.74, 6) is 0.0527. The number of carbonyl (C=O) groups excluding carboxylic acids is 1. The molecule has 1 aliphatic heterocycles. The lowest BCUT2D eigenvalue weighted by Crippen LogP contribution is -2.32. The molecule has 0 fully saturated rings. The Bertz CT molecular complexity index is 216. The molecule has 0 bridgehead atoms. The maximum Gasteiger partial charge on any atom is 0.392 e. The Morgan fingerprint density at radius 1 is 1.40 bits per heavy atom. The monoisotopic (exact) mass is 219 g/mol. The first-order valence-corrected chi connectivity index (χ1v) is 5.23. The summed E-state index contributed by atoms with van der Waals surface area (Å²) in [6, 6.07) is 0. The van der Waals surface area contributed by atoms with Gasteiger partial charge in [-0.2, -0.15) is 0 Å². The minimum Gasteiger partial charge on any atom is -0.396 e. The van der Waals surface area contributed by atoms with Crippen molar-refractivity contribution in [1.82, 2.24) is 0 Å². The average Bonchev–Trinajstić information content (AvgIpc) is 2.68. The Labute approximate surface area is 89.2 Å². The van der Waals surface area contributed by atoms with Gasteiger partial charge in [-0.1, -0.05) is 0 Å². The number of hydrogen-bond acceptors (Lipinski definition) is 4. The molecule has 15 heavy (non-hydrogen) atoms. The lowest BCUT2D eigenvalue weighted by molar-refractivity contribution is -0.779. The van der Waals surface area contributed by atoms with Gasteiger partial charge in [-0.3, -0.25) is 0 Å². The maximum atomic E-state index is 8.75. The van der Waals surface area contributed by atoms with Crippen molar-refractivity contribution in [1.29, 1.82) is 0 Å². The van der Waals surface area contributed by atoms with Crippen molar-refractivity contribution in [2.75, 3.05) is 20.3 Å². The number of ether oxygens (including phenoxy) is 1. The molecule has 0 amide bonds. The van der Waals surface area contributed by atoms with Crippen molar-refractivity contribution >= 4 is 5.78 Å². The van der Waals surface area contributed by atoms with Crippen LogP contribution in [-0.4, -0.2) is 42.1 Å². The molecular formula is C10H19O5+. The quantitative estimate of drug-likeness (QED) is 0.477. The molecular weight excluding hydrogens is 200 g/mol. The van der Waals surface area contributed by atoms with Gasteiger partial charge in [-0.15, -0.1) is 4.89 Å². The van der Waals surface area contributed by atoms with Crippen LogP contribution in [0, 0.1) is 0 Å². The molecule has 0 saturated heterocycles. The van der Waals surface area contributed by atoms with E-state index in [1.807, 2.05) is 0 Å². The molecule has 88 valence electrons. The molecule has 0 spiro atoms. The van der Waals surface area contributed by atoms with Gasteiger partial charge in [0.05, 0.1) is 6.42 Å². The second kappa shape index (κ2) is 6.05. The summed E-state index contributed by atoms with van der Waals surface area (Å²) in [6.45, 7) is 0.254.